The third-order valence-corrected chi connectivity index (χ3v) is 4.06. The normalized spacial score (nSPS) is 19.6. The van der Waals surface area contributed by atoms with Gasteiger partial charge in [0.25, 0.3) is 0 Å². The zero-order valence-corrected chi connectivity index (χ0v) is 10.2. The Balaban J connectivity index is 1.92. The molecule has 1 unspecified atom stereocenters. The molecule has 0 radical (unpaired) electrons. The van der Waals surface area contributed by atoms with Gasteiger partial charge in [0.05, 0.1) is 0 Å². The Morgan fingerprint density at radius 1 is 1.35 bits per heavy atom. The molecule has 3 rings (SSSR count). The smallest absolute Gasteiger partial charge is 0.137 e. The molecule has 1 saturated heterocycles. The highest BCUT2D eigenvalue weighted by Crippen LogP contribution is 2.34. The van der Waals surface area contributed by atoms with E-state index in [0.717, 1.165) is 24.7 Å². The monoisotopic (exact) mass is 229 g/mol. The van der Waals surface area contributed by atoms with E-state index in [-0.39, 0.29) is 0 Å². The number of fused-ring (bicyclic) bond motifs is 1. The van der Waals surface area contributed by atoms with Crippen LogP contribution in [-0.2, 0) is 0 Å². The lowest BCUT2D eigenvalue weighted by molar-refractivity contribution is 0.331. The van der Waals surface area contributed by atoms with Crippen LogP contribution in [0.4, 0.5) is 0 Å². The van der Waals surface area contributed by atoms with Gasteiger partial charge < -0.3 is 10.3 Å². The van der Waals surface area contributed by atoms with Crippen LogP contribution < -0.4 is 5.32 Å². The van der Waals surface area contributed by atoms with E-state index < -0.39 is 0 Å². The van der Waals surface area contributed by atoms with Crippen LogP contribution in [0.1, 0.15) is 31.2 Å². The molecular formula is C14H19N3. The number of pyridine rings is 1. The molecular weight excluding hydrogens is 210 g/mol. The van der Waals surface area contributed by atoms with E-state index >= 15 is 0 Å². The summed E-state index contributed by atoms with van der Waals surface area (Å²) in [6.07, 6.45) is 6.56. The fourth-order valence-corrected chi connectivity index (χ4v) is 2.95. The van der Waals surface area contributed by atoms with Crippen LogP contribution in [0.3, 0.4) is 0 Å². The third kappa shape index (κ3) is 1.95. The number of aromatic amines is 1. The van der Waals surface area contributed by atoms with Crippen LogP contribution in [0.15, 0.2) is 24.5 Å². The molecule has 0 amide bonds. The first-order chi connectivity index (χ1) is 8.36. The summed E-state index contributed by atoms with van der Waals surface area (Å²) in [5.74, 6) is 1.42. The standard InChI is InChI=1S/C14H19N3/c1-10(11-4-7-15-8-5-11)13-9-17-14-12(13)3-2-6-16-14/h2-3,6,9-11,15H,4-5,7-8H2,1H3,(H,16,17). The molecule has 17 heavy (non-hydrogen) atoms. The average Bonchev–Trinajstić information content (AvgIpc) is 2.83. The first-order valence-electron chi connectivity index (χ1n) is 6.49. The van der Waals surface area contributed by atoms with Crippen molar-refractivity contribution in [1.29, 1.82) is 0 Å². The summed E-state index contributed by atoms with van der Waals surface area (Å²) < 4.78 is 0. The molecule has 3 heterocycles. The fraction of sp³-hybridized carbons (Fsp3) is 0.500. The van der Waals surface area contributed by atoms with Gasteiger partial charge in [-0.15, -0.1) is 0 Å². The predicted molar refractivity (Wildman–Crippen MR) is 70.1 cm³/mol. The van der Waals surface area contributed by atoms with Crippen molar-refractivity contribution in [2.45, 2.75) is 25.7 Å². The lowest BCUT2D eigenvalue weighted by atomic mass is 9.82. The summed E-state index contributed by atoms with van der Waals surface area (Å²) in [5.41, 5.74) is 2.45. The summed E-state index contributed by atoms with van der Waals surface area (Å²) in [6.45, 7) is 4.68. The molecule has 1 aliphatic heterocycles. The molecule has 0 bridgehead atoms. The summed E-state index contributed by atoms with van der Waals surface area (Å²) in [5, 5.41) is 4.72. The zero-order valence-electron chi connectivity index (χ0n) is 10.2. The summed E-state index contributed by atoms with van der Waals surface area (Å²) in [4.78, 5) is 7.64. The molecule has 2 aromatic heterocycles. The van der Waals surface area contributed by atoms with Gasteiger partial charge in [0.2, 0.25) is 0 Å². The van der Waals surface area contributed by atoms with E-state index in [0.29, 0.717) is 5.92 Å². The quantitative estimate of drug-likeness (QED) is 0.831. The van der Waals surface area contributed by atoms with E-state index in [1.54, 1.807) is 0 Å². The largest absolute Gasteiger partial charge is 0.346 e. The van der Waals surface area contributed by atoms with Crippen LogP contribution in [-0.4, -0.2) is 23.1 Å². The maximum Gasteiger partial charge on any atom is 0.137 e. The van der Waals surface area contributed by atoms with Crippen molar-refractivity contribution in [3.8, 4) is 0 Å². The minimum Gasteiger partial charge on any atom is -0.346 e. The van der Waals surface area contributed by atoms with Gasteiger partial charge in [-0.1, -0.05) is 6.92 Å². The second kappa shape index (κ2) is 4.49. The molecule has 1 atom stereocenters. The van der Waals surface area contributed by atoms with Crippen molar-refractivity contribution in [3.63, 3.8) is 0 Å². The molecule has 3 nitrogen and oxygen atoms in total. The lowest BCUT2D eigenvalue weighted by Crippen LogP contribution is -2.30. The number of aromatic nitrogens is 2. The number of hydrogen-bond donors (Lipinski definition) is 2. The van der Waals surface area contributed by atoms with Crippen LogP contribution in [0, 0.1) is 5.92 Å². The van der Waals surface area contributed by atoms with Crippen LogP contribution >= 0.6 is 0 Å². The summed E-state index contributed by atoms with van der Waals surface area (Å²) in [7, 11) is 0. The van der Waals surface area contributed by atoms with E-state index in [1.165, 1.54) is 23.8 Å². The molecule has 90 valence electrons. The Hall–Kier alpha value is -1.35. The van der Waals surface area contributed by atoms with E-state index in [9.17, 15) is 0 Å². The van der Waals surface area contributed by atoms with Crippen molar-refractivity contribution in [1.82, 2.24) is 15.3 Å². The number of rotatable bonds is 2. The highest BCUT2D eigenvalue weighted by Gasteiger charge is 2.23. The maximum atomic E-state index is 4.36. The molecule has 1 fully saturated rings. The molecule has 2 aromatic rings. The Labute approximate surface area is 102 Å². The molecule has 0 saturated carbocycles. The van der Waals surface area contributed by atoms with Crippen molar-refractivity contribution < 1.29 is 0 Å². The predicted octanol–water partition coefficient (Wildman–Crippen LogP) is 2.67. The van der Waals surface area contributed by atoms with Crippen molar-refractivity contribution >= 4 is 11.0 Å². The SMILES string of the molecule is CC(c1c[nH]c2ncccc12)C1CCNCC1. The number of nitrogens with zero attached hydrogens (tertiary/aromatic N) is 1. The van der Waals surface area contributed by atoms with Gasteiger partial charge in [-0.2, -0.15) is 0 Å². The maximum absolute atomic E-state index is 4.36. The second-order valence-electron chi connectivity index (χ2n) is 5.02. The van der Waals surface area contributed by atoms with E-state index in [2.05, 4.69) is 34.5 Å². The summed E-state index contributed by atoms with van der Waals surface area (Å²) >= 11 is 0. The number of hydrogen-bond acceptors (Lipinski definition) is 2. The third-order valence-electron chi connectivity index (χ3n) is 4.06. The number of H-pyrrole nitrogens is 1. The summed E-state index contributed by atoms with van der Waals surface area (Å²) in [6, 6.07) is 4.20. The second-order valence-corrected chi connectivity index (χ2v) is 5.02. The lowest BCUT2D eigenvalue weighted by Gasteiger charge is -2.28. The van der Waals surface area contributed by atoms with Gasteiger partial charge in [-0.25, -0.2) is 4.98 Å². The first kappa shape index (κ1) is 10.8. The fourth-order valence-electron chi connectivity index (χ4n) is 2.95. The van der Waals surface area contributed by atoms with Crippen molar-refractivity contribution in [2.24, 2.45) is 5.92 Å². The minimum atomic E-state index is 0.620. The molecule has 0 spiro atoms. The molecule has 0 aromatic carbocycles. The Kier molecular flexibility index (Phi) is 2.85. The number of nitrogens with one attached hydrogen (secondary N) is 2. The highest BCUT2D eigenvalue weighted by atomic mass is 14.9. The molecule has 0 aliphatic carbocycles. The van der Waals surface area contributed by atoms with Gasteiger partial charge in [-0.05, 0) is 55.5 Å². The number of piperidine rings is 1. The van der Waals surface area contributed by atoms with Crippen LogP contribution in [0.5, 0.6) is 0 Å². The van der Waals surface area contributed by atoms with Crippen LogP contribution in [0.2, 0.25) is 0 Å². The van der Waals surface area contributed by atoms with Crippen molar-refractivity contribution in [2.75, 3.05) is 13.1 Å². The average molecular weight is 229 g/mol. The van der Waals surface area contributed by atoms with Gasteiger partial charge in [-0.3, -0.25) is 0 Å². The van der Waals surface area contributed by atoms with E-state index in [1.807, 2.05) is 12.3 Å². The first-order valence-corrected chi connectivity index (χ1v) is 6.49. The Morgan fingerprint density at radius 2 is 2.18 bits per heavy atom. The van der Waals surface area contributed by atoms with Gasteiger partial charge in [0.15, 0.2) is 0 Å². The van der Waals surface area contributed by atoms with Gasteiger partial charge in [0, 0.05) is 17.8 Å². The molecule has 2 N–H and O–H groups in total. The van der Waals surface area contributed by atoms with Crippen LogP contribution in [0.25, 0.3) is 11.0 Å². The zero-order chi connectivity index (χ0) is 11.7. The Morgan fingerprint density at radius 3 is 3.00 bits per heavy atom. The van der Waals surface area contributed by atoms with Crippen molar-refractivity contribution in [3.05, 3.63) is 30.1 Å². The molecule has 1 aliphatic rings. The Bertz CT molecular complexity index is 497. The van der Waals surface area contributed by atoms with Gasteiger partial charge in [0.1, 0.15) is 5.65 Å². The molecule has 3 heteroatoms. The highest BCUT2D eigenvalue weighted by molar-refractivity contribution is 5.80. The minimum absolute atomic E-state index is 0.620. The van der Waals surface area contributed by atoms with E-state index in [4.69, 9.17) is 0 Å². The van der Waals surface area contributed by atoms with Gasteiger partial charge >= 0.3 is 0 Å². The topological polar surface area (TPSA) is 40.7 Å².